The monoisotopic (exact) mass is 555 g/mol. The second kappa shape index (κ2) is 13.6. The van der Waals surface area contributed by atoms with Crippen molar-refractivity contribution < 1.29 is 4.74 Å². The lowest BCUT2D eigenvalue weighted by atomic mass is 10.3. The molecule has 0 saturated heterocycles. The van der Waals surface area contributed by atoms with E-state index in [0.29, 0.717) is 5.90 Å². The normalized spacial score (nSPS) is 12.4. The van der Waals surface area contributed by atoms with Gasteiger partial charge in [-0.15, -0.1) is 35.3 Å². The molecule has 0 fully saturated rings. The molecule has 2 nitrogen and oxygen atoms in total. The van der Waals surface area contributed by atoms with Crippen molar-refractivity contribution in [3.63, 3.8) is 0 Å². The number of hydrogen-bond donors (Lipinski definition) is 0. The molecule has 5 aromatic rings. The van der Waals surface area contributed by atoms with Crippen LogP contribution in [0.1, 0.15) is 0 Å². The van der Waals surface area contributed by atoms with Gasteiger partial charge in [-0.25, -0.2) is 4.99 Å². The molecule has 0 spiro atoms. The minimum atomic E-state index is -0.0783. The van der Waals surface area contributed by atoms with Crippen molar-refractivity contribution in [2.75, 3.05) is 0 Å². The maximum atomic E-state index is 6.59. The van der Waals surface area contributed by atoms with Crippen LogP contribution in [0, 0.1) is 0 Å². The average molecular weight is 556 g/mol. The number of thioether (sulfide) groups is 3. The van der Waals surface area contributed by atoms with Gasteiger partial charge in [0.2, 0.25) is 5.90 Å². The maximum Gasteiger partial charge on any atom is 0.210 e. The lowest BCUT2D eigenvalue weighted by Gasteiger charge is -2.27. The van der Waals surface area contributed by atoms with E-state index in [1.165, 1.54) is 14.7 Å². The van der Waals surface area contributed by atoms with Crippen LogP contribution in [0.4, 0.5) is 5.69 Å². The van der Waals surface area contributed by atoms with Gasteiger partial charge < -0.3 is 4.74 Å². The van der Waals surface area contributed by atoms with Crippen molar-refractivity contribution in [1.82, 2.24) is 0 Å². The Morgan fingerprint density at radius 1 is 0.595 bits per heavy atom. The standard InChI is InChI=1S/C31H25NOS4/c1-5-13-24(14-6-1)32-30(33-25-15-7-2-8-16-25)29(35-28-21-22-34-23-28)31(36-26-17-9-3-10-18-26)37-27-19-11-4-12-20-27/h1-23,29,31H. The predicted molar refractivity (Wildman–Crippen MR) is 163 cm³/mol. The molecule has 0 aliphatic rings. The third kappa shape index (κ3) is 7.79. The third-order valence-corrected chi connectivity index (χ3v) is 10.3. The van der Waals surface area contributed by atoms with Gasteiger partial charge in [0.1, 0.15) is 11.0 Å². The van der Waals surface area contributed by atoms with Crippen LogP contribution in [0.2, 0.25) is 0 Å². The first-order valence-electron chi connectivity index (χ1n) is 11.8. The van der Waals surface area contributed by atoms with Gasteiger partial charge in [-0.05, 0) is 60.0 Å². The molecule has 0 aliphatic heterocycles. The molecule has 1 atom stereocenters. The molecule has 184 valence electrons. The number of hydrogen-bond acceptors (Lipinski definition) is 6. The van der Waals surface area contributed by atoms with Crippen molar-refractivity contribution in [3.8, 4) is 5.75 Å². The Bertz CT molecular complexity index is 1320. The second-order valence-corrected chi connectivity index (χ2v) is 12.7. The van der Waals surface area contributed by atoms with Crippen molar-refractivity contribution >= 4 is 58.2 Å². The van der Waals surface area contributed by atoms with Gasteiger partial charge in [0.05, 0.1) is 10.3 Å². The molecule has 0 bridgehead atoms. The summed E-state index contributed by atoms with van der Waals surface area (Å²) >= 11 is 7.20. The van der Waals surface area contributed by atoms with Crippen LogP contribution in [0.5, 0.6) is 5.75 Å². The van der Waals surface area contributed by atoms with E-state index in [4.69, 9.17) is 9.73 Å². The lowest BCUT2D eigenvalue weighted by Crippen LogP contribution is -2.31. The van der Waals surface area contributed by atoms with Gasteiger partial charge in [-0.3, -0.25) is 0 Å². The summed E-state index contributed by atoms with van der Waals surface area (Å²) in [5.74, 6) is 1.46. The number of para-hydroxylation sites is 2. The summed E-state index contributed by atoms with van der Waals surface area (Å²) < 4.78 is 6.68. The summed E-state index contributed by atoms with van der Waals surface area (Å²) in [4.78, 5) is 8.72. The highest BCUT2D eigenvalue weighted by molar-refractivity contribution is 8.18. The molecule has 4 aromatic carbocycles. The highest BCUT2D eigenvalue weighted by Crippen LogP contribution is 2.44. The van der Waals surface area contributed by atoms with Crippen molar-refractivity contribution in [1.29, 1.82) is 0 Å². The highest BCUT2D eigenvalue weighted by Gasteiger charge is 2.32. The molecule has 1 unspecified atom stereocenters. The van der Waals surface area contributed by atoms with E-state index < -0.39 is 0 Å². The van der Waals surface area contributed by atoms with Crippen LogP contribution in [0.25, 0.3) is 0 Å². The maximum absolute atomic E-state index is 6.59. The molecular formula is C31H25NOS4. The molecule has 1 aromatic heterocycles. The molecule has 0 saturated carbocycles. The van der Waals surface area contributed by atoms with Gasteiger partial charge >= 0.3 is 0 Å². The van der Waals surface area contributed by atoms with E-state index in [1.54, 1.807) is 23.1 Å². The SMILES string of the molecule is c1ccc(N=C(Oc2ccccc2)C(Sc2ccsc2)C(Sc2ccccc2)Sc2ccccc2)cc1. The van der Waals surface area contributed by atoms with Gasteiger partial charge in [0.15, 0.2) is 0 Å². The van der Waals surface area contributed by atoms with Crippen LogP contribution in [-0.4, -0.2) is 15.7 Å². The van der Waals surface area contributed by atoms with E-state index in [0.717, 1.165) is 11.4 Å². The second-order valence-electron chi connectivity index (χ2n) is 7.93. The molecule has 0 amide bonds. The van der Waals surface area contributed by atoms with E-state index in [9.17, 15) is 0 Å². The first-order valence-corrected chi connectivity index (χ1v) is 15.4. The van der Waals surface area contributed by atoms with Gasteiger partial charge in [0.25, 0.3) is 0 Å². The average Bonchev–Trinajstić information content (AvgIpc) is 3.47. The Hall–Kier alpha value is -2.90. The number of benzene rings is 4. The van der Waals surface area contributed by atoms with Crippen LogP contribution in [0.3, 0.4) is 0 Å². The number of ether oxygens (including phenoxy) is 1. The molecule has 1 heterocycles. The fourth-order valence-electron chi connectivity index (χ4n) is 3.49. The van der Waals surface area contributed by atoms with E-state index in [-0.39, 0.29) is 9.83 Å². The van der Waals surface area contributed by atoms with Gasteiger partial charge in [0, 0.05) is 20.1 Å². The number of rotatable bonds is 10. The Labute approximate surface area is 235 Å². The van der Waals surface area contributed by atoms with Gasteiger partial charge in [-0.2, -0.15) is 11.3 Å². The topological polar surface area (TPSA) is 21.6 Å². The van der Waals surface area contributed by atoms with E-state index >= 15 is 0 Å². The third-order valence-electron chi connectivity index (χ3n) is 5.20. The largest absolute Gasteiger partial charge is 0.442 e. The molecule has 0 radical (unpaired) electrons. The minimum absolute atomic E-state index is 0.0783. The molecule has 6 heteroatoms. The summed E-state index contributed by atoms with van der Waals surface area (Å²) in [6, 6.07) is 43.3. The fourth-order valence-corrected chi connectivity index (χ4v) is 8.40. The molecule has 0 aliphatic carbocycles. The zero-order valence-electron chi connectivity index (χ0n) is 19.9. The first-order chi connectivity index (χ1) is 18.3. The number of aliphatic imine (C=N–C) groups is 1. The Morgan fingerprint density at radius 3 is 1.68 bits per heavy atom. The summed E-state index contributed by atoms with van der Waals surface area (Å²) in [5, 5.41) is 4.23. The van der Waals surface area contributed by atoms with Crippen molar-refractivity contribution in [3.05, 3.63) is 138 Å². The number of nitrogens with zero attached hydrogens (tertiary/aromatic N) is 1. The van der Waals surface area contributed by atoms with Crippen LogP contribution in [-0.2, 0) is 0 Å². The number of thiophene rings is 1. The van der Waals surface area contributed by atoms with Gasteiger partial charge in [-0.1, -0.05) is 72.8 Å². The van der Waals surface area contributed by atoms with E-state index in [1.807, 2.05) is 84.2 Å². The Kier molecular flexibility index (Phi) is 9.45. The molecule has 0 N–H and O–H groups in total. The van der Waals surface area contributed by atoms with Crippen LogP contribution >= 0.6 is 46.6 Å². The summed E-state index contributed by atoms with van der Waals surface area (Å²) in [5.41, 5.74) is 0.873. The van der Waals surface area contributed by atoms with Crippen LogP contribution in [0.15, 0.2) is 158 Å². The summed E-state index contributed by atoms with van der Waals surface area (Å²) in [6.45, 7) is 0. The fraction of sp³-hybridized carbons (Fsp3) is 0.0645. The quantitative estimate of drug-likeness (QED) is 0.0740. The zero-order chi connectivity index (χ0) is 25.1. The molecule has 5 rings (SSSR count). The smallest absolute Gasteiger partial charge is 0.210 e. The summed E-state index contributed by atoms with van der Waals surface area (Å²) in [6.07, 6.45) is 0. The van der Waals surface area contributed by atoms with Crippen molar-refractivity contribution in [2.24, 2.45) is 4.99 Å². The summed E-state index contributed by atoms with van der Waals surface area (Å²) in [7, 11) is 0. The molecular weight excluding hydrogens is 531 g/mol. The molecule has 37 heavy (non-hydrogen) atoms. The van der Waals surface area contributed by atoms with Crippen LogP contribution < -0.4 is 4.74 Å². The minimum Gasteiger partial charge on any atom is -0.442 e. The lowest BCUT2D eigenvalue weighted by molar-refractivity contribution is 0.537. The van der Waals surface area contributed by atoms with Crippen molar-refractivity contribution in [2.45, 2.75) is 24.5 Å². The zero-order valence-corrected chi connectivity index (χ0v) is 23.2. The predicted octanol–water partition coefficient (Wildman–Crippen LogP) is 9.93. The first kappa shape index (κ1) is 25.7. The van der Waals surface area contributed by atoms with E-state index in [2.05, 4.69) is 77.5 Å². The Balaban J connectivity index is 1.59. The highest BCUT2D eigenvalue weighted by atomic mass is 32.2. The Morgan fingerprint density at radius 2 is 1.14 bits per heavy atom.